The van der Waals surface area contributed by atoms with Gasteiger partial charge in [-0.05, 0) is 43.3 Å². The maximum Gasteiger partial charge on any atom is 0.338 e. The van der Waals surface area contributed by atoms with Crippen LogP contribution in [0.1, 0.15) is 27.6 Å². The number of carbonyl (C=O) groups is 2. The van der Waals surface area contributed by atoms with Crippen LogP contribution >= 0.6 is 0 Å². The number of sulfonamides is 1. The summed E-state index contributed by atoms with van der Waals surface area (Å²) in [5.41, 5.74) is 0.794. The van der Waals surface area contributed by atoms with E-state index in [4.69, 9.17) is 4.74 Å². The molecule has 0 bridgehead atoms. The van der Waals surface area contributed by atoms with Gasteiger partial charge in [0.2, 0.25) is 0 Å². The fraction of sp³-hybridized carbons (Fsp3) is 0.130. The van der Waals surface area contributed by atoms with Gasteiger partial charge >= 0.3 is 5.97 Å². The number of para-hydroxylation sites is 2. The molecule has 3 rings (SSSR count). The molecule has 1 N–H and O–H groups in total. The number of rotatable bonds is 7. The summed E-state index contributed by atoms with van der Waals surface area (Å²) in [6.07, 6.45) is 0. The summed E-state index contributed by atoms with van der Waals surface area (Å²) in [6, 6.07) is 21.0. The zero-order chi connectivity index (χ0) is 22.4. The highest BCUT2D eigenvalue weighted by Crippen LogP contribution is 2.29. The van der Waals surface area contributed by atoms with Crippen LogP contribution in [0.3, 0.4) is 0 Å². The minimum Gasteiger partial charge on any atom is -0.465 e. The zero-order valence-electron chi connectivity index (χ0n) is 17.1. The Morgan fingerprint density at radius 3 is 2.10 bits per heavy atom. The van der Waals surface area contributed by atoms with Crippen LogP contribution in [0.4, 0.5) is 11.4 Å². The number of nitrogens with one attached hydrogen (secondary N) is 1. The van der Waals surface area contributed by atoms with Crippen molar-refractivity contribution >= 4 is 33.3 Å². The second-order valence-electron chi connectivity index (χ2n) is 6.49. The lowest BCUT2D eigenvalue weighted by Crippen LogP contribution is -2.31. The molecular formula is C23H22N2O5S. The molecule has 0 atom stereocenters. The number of anilines is 2. The van der Waals surface area contributed by atoms with E-state index in [0.29, 0.717) is 5.69 Å². The third kappa shape index (κ3) is 4.59. The molecule has 0 spiro atoms. The molecular weight excluding hydrogens is 416 g/mol. The molecule has 160 valence electrons. The molecule has 0 unspecified atom stereocenters. The van der Waals surface area contributed by atoms with Gasteiger partial charge in [0.1, 0.15) is 4.90 Å². The van der Waals surface area contributed by atoms with Crippen LogP contribution in [-0.2, 0) is 14.8 Å². The van der Waals surface area contributed by atoms with Crippen molar-refractivity contribution in [1.29, 1.82) is 0 Å². The van der Waals surface area contributed by atoms with Gasteiger partial charge in [-0.1, -0.05) is 42.5 Å². The highest BCUT2D eigenvalue weighted by molar-refractivity contribution is 7.93. The SMILES string of the molecule is CCN(c1ccccc1)S(=O)(=O)c1ccccc1NC(=O)c1ccccc1C(=O)OC. The van der Waals surface area contributed by atoms with Gasteiger partial charge in [-0.25, -0.2) is 13.2 Å². The van der Waals surface area contributed by atoms with Gasteiger partial charge in [-0.15, -0.1) is 0 Å². The summed E-state index contributed by atoms with van der Waals surface area (Å²) in [5.74, 6) is -1.28. The Balaban J connectivity index is 2.00. The van der Waals surface area contributed by atoms with Gasteiger partial charge < -0.3 is 10.1 Å². The van der Waals surface area contributed by atoms with Crippen LogP contribution < -0.4 is 9.62 Å². The van der Waals surface area contributed by atoms with E-state index in [-0.39, 0.29) is 28.3 Å². The van der Waals surface area contributed by atoms with Gasteiger partial charge in [0.15, 0.2) is 0 Å². The lowest BCUT2D eigenvalue weighted by Gasteiger charge is -2.24. The van der Waals surface area contributed by atoms with Crippen LogP contribution in [0.2, 0.25) is 0 Å². The van der Waals surface area contributed by atoms with Gasteiger partial charge in [-0.2, -0.15) is 0 Å². The van der Waals surface area contributed by atoms with Gasteiger partial charge in [-0.3, -0.25) is 9.10 Å². The summed E-state index contributed by atoms with van der Waals surface area (Å²) in [4.78, 5) is 24.9. The monoisotopic (exact) mass is 438 g/mol. The lowest BCUT2D eigenvalue weighted by atomic mass is 10.1. The standard InChI is InChI=1S/C23H22N2O5S/c1-3-25(17-11-5-4-6-12-17)31(28,29)21-16-10-9-15-20(21)24-22(26)18-13-7-8-14-19(18)23(27)30-2/h4-16H,3H2,1-2H3,(H,24,26). The molecule has 0 radical (unpaired) electrons. The van der Waals surface area contributed by atoms with Crippen LogP contribution in [0.15, 0.2) is 83.8 Å². The van der Waals surface area contributed by atoms with Crippen LogP contribution in [0.5, 0.6) is 0 Å². The smallest absolute Gasteiger partial charge is 0.338 e. The third-order valence-corrected chi connectivity index (χ3v) is 6.57. The van der Waals surface area contributed by atoms with E-state index >= 15 is 0 Å². The first-order chi connectivity index (χ1) is 14.9. The quantitative estimate of drug-likeness (QED) is 0.564. The fourth-order valence-corrected chi connectivity index (χ4v) is 4.78. The summed E-state index contributed by atoms with van der Waals surface area (Å²) in [6.45, 7) is 1.94. The Morgan fingerprint density at radius 2 is 1.45 bits per heavy atom. The third-order valence-electron chi connectivity index (χ3n) is 4.61. The maximum atomic E-state index is 13.4. The molecule has 31 heavy (non-hydrogen) atoms. The molecule has 0 saturated carbocycles. The number of methoxy groups -OCH3 is 1. The number of nitrogens with zero attached hydrogens (tertiary/aromatic N) is 1. The predicted molar refractivity (Wildman–Crippen MR) is 119 cm³/mol. The molecule has 0 aliphatic rings. The van der Waals surface area contributed by atoms with Crippen LogP contribution in [0, 0.1) is 0 Å². The van der Waals surface area contributed by atoms with Crippen molar-refractivity contribution in [3.05, 3.63) is 90.0 Å². The average molecular weight is 439 g/mol. The molecule has 0 saturated heterocycles. The topological polar surface area (TPSA) is 92.8 Å². The number of esters is 1. The molecule has 3 aromatic carbocycles. The number of amides is 1. The van der Waals surface area contributed by atoms with Crippen LogP contribution in [0.25, 0.3) is 0 Å². The highest BCUT2D eigenvalue weighted by Gasteiger charge is 2.27. The van der Waals surface area contributed by atoms with E-state index in [0.717, 1.165) is 0 Å². The minimum atomic E-state index is -3.97. The normalized spacial score (nSPS) is 10.9. The van der Waals surface area contributed by atoms with E-state index in [1.807, 2.05) is 0 Å². The van der Waals surface area contributed by atoms with Gasteiger partial charge in [0.25, 0.3) is 15.9 Å². The average Bonchev–Trinajstić information content (AvgIpc) is 2.79. The van der Waals surface area contributed by atoms with Crippen molar-refractivity contribution in [2.24, 2.45) is 0 Å². The predicted octanol–water partition coefficient (Wildman–Crippen LogP) is 3.94. The van der Waals surface area contributed by atoms with Crippen molar-refractivity contribution < 1.29 is 22.7 Å². The molecule has 0 aliphatic carbocycles. The first-order valence-corrected chi connectivity index (χ1v) is 11.0. The summed E-state index contributed by atoms with van der Waals surface area (Å²) < 4.78 is 32.8. The number of hydrogen-bond acceptors (Lipinski definition) is 5. The van der Waals surface area contributed by atoms with Crippen molar-refractivity contribution in [1.82, 2.24) is 0 Å². The van der Waals surface area contributed by atoms with Crippen molar-refractivity contribution in [2.45, 2.75) is 11.8 Å². The Kier molecular flexibility index (Phi) is 6.71. The molecule has 1 amide bonds. The van der Waals surface area contributed by atoms with E-state index in [1.54, 1.807) is 61.5 Å². The molecule has 0 aromatic heterocycles. The number of hydrogen-bond donors (Lipinski definition) is 1. The van der Waals surface area contributed by atoms with Crippen LogP contribution in [-0.4, -0.2) is 33.9 Å². The maximum absolute atomic E-state index is 13.4. The van der Waals surface area contributed by atoms with E-state index in [2.05, 4.69) is 5.32 Å². The highest BCUT2D eigenvalue weighted by atomic mass is 32.2. The Morgan fingerprint density at radius 1 is 0.871 bits per heavy atom. The first kappa shape index (κ1) is 22.0. The second-order valence-corrected chi connectivity index (χ2v) is 8.32. The van der Waals surface area contributed by atoms with Crippen molar-refractivity contribution in [2.75, 3.05) is 23.3 Å². The Hall–Kier alpha value is -3.65. The summed E-state index contributed by atoms with van der Waals surface area (Å²) >= 11 is 0. The van der Waals surface area contributed by atoms with Crippen molar-refractivity contribution in [3.63, 3.8) is 0 Å². The molecule has 0 heterocycles. The molecule has 7 nitrogen and oxygen atoms in total. The Labute approximate surface area is 181 Å². The number of carbonyl (C=O) groups excluding carboxylic acids is 2. The lowest BCUT2D eigenvalue weighted by molar-refractivity contribution is 0.0597. The largest absolute Gasteiger partial charge is 0.465 e. The fourth-order valence-electron chi connectivity index (χ4n) is 3.16. The summed E-state index contributed by atoms with van der Waals surface area (Å²) in [7, 11) is -2.74. The van der Waals surface area contributed by atoms with E-state index < -0.39 is 21.9 Å². The Bertz CT molecular complexity index is 1190. The molecule has 0 fully saturated rings. The first-order valence-electron chi connectivity index (χ1n) is 9.55. The number of ether oxygens (including phenoxy) is 1. The van der Waals surface area contributed by atoms with E-state index in [9.17, 15) is 18.0 Å². The van der Waals surface area contributed by atoms with Gasteiger partial charge in [0.05, 0.1) is 29.6 Å². The number of benzene rings is 3. The zero-order valence-corrected chi connectivity index (χ0v) is 17.9. The van der Waals surface area contributed by atoms with E-state index in [1.165, 1.54) is 35.7 Å². The molecule has 8 heteroatoms. The minimum absolute atomic E-state index is 0.0513. The van der Waals surface area contributed by atoms with Gasteiger partial charge in [0, 0.05) is 6.54 Å². The van der Waals surface area contributed by atoms with Crippen molar-refractivity contribution in [3.8, 4) is 0 Å². The summed E-state index contributed by atoms with van der Waals surface area (Å²) in [5, 5.41) is 2.63. The molecule has 0 aliphatic heterocycles. The second kappa shape index (κ2) is 9.44. The molecule has 3 aromatic rings.